The van der Waals surface area contributed by atoms with Crippen LogP contribution in [0.3, 0.4) is 0 Å². The molecule has 0 saturated heterocycles. The highest BCUT2D eigenvalue weighted by atomic mass is 16.6. The molecular formula is C28H43N3O4. The molecule has 0 bridgehead atoms. The molecule has 0 aliphatic heterocycles. The van der Waals surface area contributed by atoms with E-state index in [0.29, 0.717) is 17.7 Å². The number of amides is 3. The second-order valence-electron chi connectivity index (χ2n) is 9.84. The maximum atomic E-state index is 13.6. The fraction of sp³-hybridized carbons (Fsp3) is 0.607. The van der Waals surface area contributed by atoms with Gasteiger partial charge in [0.2, 0.25) is 11.8 Å². The maximum Gasteiger partial charge on any atom is 0.408 e. The van der Waals surface area contributed by atoms with Gasteiger partial charge in [0, 0.05) is 18.2 Å². The van der Waals surface area contributed by atoms with Crippen molar-refractivity contribution in [2.45, 2.75) is 97.8 Å². The van der Waals surface area contributed by atoms with Gasteiger partial charge >= 0.3 is 6.09 Å². The molecule has 3 amide bonds. The Balaban J connectivity index is 3.30. The summed E-state index contributed by atoms with van der Waals surface area (Å²) in [6, 6.07) is 6.22. The van der Waals surface area contributed by atoms with Crippen molar-refractivity contribution in [3.63, 3.8) is 0 Å². The summed E-state index contributed by atoms with van der Waals surface area (Å²) in [6.45, 7) is 11.5. The van der Waals surface area contributed by atoms with Crippen LogP contribution in [0.4, 0.5) is 4.79 Å². The minimum Gasteiger partial charge on any atom is -0.444 e. The first-order valence-electron chi connectivity index (χ1n) is 12.7. The Bertz CT molecular complexity index is 870. The molecule has 1 rings (SSSR count). The lowest BCUT2D eigenvalue weighted by molar-refractivity contribution is -0.140. The number of carbonyl (C=O) groups is 3. The number of ether oxygens (including phenoxy) is 1. The first-order valence-corrected chi connectivity index (χ1v) is 12.7. The van der Waals surface area contributed by atoms with E-state index < -0.39 is 17.7 Å². The number of nitrogens with one attached hydrogen (secondary N) is 2. The number of unbranched alkanes of at least 4 members (excludes halogenated alkanes) is 3. The van der Waals surface area contributed by atoms with Crippen LogP contribution in [0.2, 0.25) is 0 Å². The summed E-state index contributed by atoms with van der Waals surface area (Å²) in [5.74, 6) is 1.99. The molecule has 194 valence electrons. The molecule has 7 nitrogen and oxygen atoms in total. The van der Waals surface area contributed by atoms with Gasteiger partial charge < -0.3 is 20.3 Å². The van der Waals surface area contributed by atoms with E-state index in [1.807, 2.05) is 19.1 Å². The highest BCUT2D eigenvalue weighted by Gasteiger charge is 2.33. The number of benzene rings is 1. The van der Waals surface area contributed by atoms with Gasteiger partial charge in [-0.2, -0.15) is 0 Å². The van der Waals surface area contributed by atoms with Gasteiger partial charge in [-0.3, -0.25) is 9.59 Å². The van der Waals surface area contributed by atoms with E-state index >= 15 is 0 Å². The van der Waals surface area contributed by atoms with Crippen molar-refractivity contribution in [2.24, 2.45) is 0 Å². The molecule has 0 saturated carbocycles. The lowest BCUT2D eigenvalue weighted by Crippen LogP contribution is -2.49. The Labute approximate surface area is 211 Å². The highest BCUT2D eigenvalue weighted by Crippen LogP contribution is 2.26. The Hall–Kier alpha value is -3.01. The molecule has 1 aromatic carbocycles. The van der Waals surface area contributed by atoms with Gasteiger partial charge in [-0.15, -0.1) is 6.42 Å². The Morgan fingerprint density at radius 1 is 1.09 bits per heavy atom. The summed E-state index contributed by atoms with van der Waals surface area (Å²) in [7, 11) is 0. The normalized spacial score (nSPS) is 12.7. The quantitative estimate of drug-likeness (QED) is 0.306. The summed E-state index contributed by atoms with van der Waals surface area (Å²) in [5.41, 5.74) is 0.468. The van der Waals surface area contributed by atoms with Crippen LogP contribution in [0.25, 0.3) is 0 Å². The van der Waals surface area contributed by atoms with E-state index in [0.717, 1.165) is 38.5 Å². The average Bonchev–Trinajstić information content (AvgIpc) is 2.78. The number of nitrogens with zero attached hydrogens (tertiary/aromatic N) is 1. The third kappa shape index (κ3) is 10.9. The standard InChI is InChI=1S/C28H43N3O4/c1-8-11-12-15-19-31(24(32)20-29-27(34)35-28(5,6)7)25(26(33)30-21(4)16-9-2)23-18-14-13-17-22(23)10-3/h3,13-14,17-18,21,25H,8-9,11-12,15-16,19-20H2,1-2,4-7H3,(H,29,34)(H,30,33). The van der Waals surface area contributed by atoms with Gasteiger partial charge in [0.1, 0.15) is 18.2 Å². The van der Waals surface area contributed by atoms with Crippen LogP contribution in [-0.4, -0.2) is 47.5 Å². The molecule has 0 aliphatic carbocycles. The van der Waals surface area contributed by atoms with Crippen molar-refractivity contribution < 1.29 is 19.1 Å². The van der Waals surface area contributed by atoms with Crippen LogP contribution in [0.15, 0.2) is 24.3 Å². The zero-order valence-electron chi connectivity index (χ0n) is 22.3. The smallest absolute Gasteiger partial charge is 0.408 e. The first kappa shape index (κ1) is 30.0. The van der Waals surface area contributed by atoms with Crippen LogP contribution < -0.4 is 10.6 Å². The molecule has 0 aliphatic rings. The van der Waals surface area contributed by atoms with Crippen LogP contribution in [0, 0.1) is 12.3 Å². The molecular weight excluding hydrogens is 442 g/mol. The fourth-order valence-corrected chi connectivity index (χ4v) is 3.81. The molecule has 0 radical (unpaired) electrons. The molecule has 0 fully saturated rings. The zero-order chi connectivity index (χ0) is 26.4. The van der Waals surface area contributed by atoms with E-state index in [1.54, 1.807) is 32.9 Å². The van der Waals surface area contributed by atoms with Crippen LogP contribution in [0.5, 0.6) is 0 Å². The molecule has 0 aromatic heterocycles. The van der Waals surface area contributed by atoms with Crippen molar-refractivity contribution in [1.82, 2.24) is 15.5 Å². The van der Waals surface area contributed by atoms with Gasteiger partial charge in [-0.1, -0.05) is 63.7 Å². The van der Waals surface area contributed by atoms with E-state index in [-0.39, 0.29) is 24.4 Å². The van der Waals surface area contributed by atoms with Gasteiger partial charge in [-0.05, 0) is 52.2 Å². The highest BCUT2D eigenvalue weighted by molar-refractivity contribution is 5.91. The van der Waals surface area contributed by atoms with Crippen molar-refractivity contribution in [1.29, 1.82) is 0 Å². The lowest BCUT2D eigenvalue weighted by Gasteiger charge is -2.33. The number of carbonyl (C=O) groups excluding carboxylic acids is 3. The predicted octanol–water partition coefficient (Wildman–Crippen LogP) is 4.95. The van der Waals surface area contributed by atoms with Gasteiger partial charge in [0.15, 0.2) is 0 Å². The van der Waals surface area contributed by atoms with Crippen molar-refractivity contribution >= 4 is 17.9 Å². The number of hydrogen-bond donors (Lipinski definition) is 2. The third-order valence-corrected chi connectivity index (χ3v) is 5.44. The van der Waals surface area contributed by atoms with Crippen molar-refractivity contribution in [3.8, 4) is 12.3 Å². The molecule has 2 unspecified atom stereocenters. The van der Waals surface area contributed by atoms with Crippen LogP contribution in [-0.2, 0) is 14.3 Å². The van der Waals surface area contributed by atoms with E-state index in [9.17, 15) is 14.4 Å². The van der Waals surface area contributed by atoms with E-state index in [4.69, 9.17) is 11.2 Å². The molecule has 0 heterocycles. The topological polar surface area (TPSA) is 87.7 Å². The molecule has 2 atom stereocenters. The van der Waals surface area contributed by atoms with E-state index in [2.05, 4.69) is 30.4 Å². The van der Waals surface area contributed by atoms with Gasteiger partial charge in [0.25, 0.3) is 0 Å². The molecule has 7 heteroatoms. The number of hydrogen-bond acceptors (Lipinski definition) is 4. The lowest BCUT2D eigenvalue weighted by atomic mass is 9.97. The summed E-state index contributed by atoms with van der Waals surface area (Å²) >= 11 is 0. The van der Waals surface area contributed by atoms with Gasteiger partial charge in [0.05, 0.1) is 0 Å². The minimum atomic E-state index is -0.906. The largest absolute Gasteiger partial charge is 0.444 e. The second kappa shape index (κ2) is 15.1. The molecule has 0 spiro atoms. The summed E-state index contributed by atoms with van der Waals surface area (Å²) in [6.07, 6.45) is 10.6. The predicted molar refractivity (Wildman–Crippen MR) is 140 cm³/mol. The first-order chi connectivity index (χ1) is 16.5. The summed E-state index contributed by atoms with van der Waals surface area (Å²) in [5, 5.41) is 5.58. The Kier molecular flexibility index (Phi) is 12.9. The summed E-state index contributed by atoms with van der Waals surface area (Å²) < 4.78 is 5.26. The number of alkyl carbamates (subject to hydrolysis) is 1. The maximum absolute atomic E-state index is 13.6. The Morgan fingerprint density at radius 3 is 2.37 bits per heavy atom. The monoisotopic (exact) mass is 485 g/mol. The van der Waals surface area contributed by atoms with Crippen LogP contribution >= 0.6 is 0 Å². The van der Waals surface area contributed by atoms with Crippen molar-refractivity contribution in [3.05, 3.63) is 35.4 Å². The summed E-state index contributed by atoms with van der Waals surface area (Å²) in [4.78, 5) is 40.7. The third-order valence-electron chi connectivity index (χ3n) is 5.44. The van der Waals surface area contributed by atoms with Crippen molar-refractivity contribution in [2.75, 3.05) is 13.1 Å². The second-order valence-corrected chi connectivity index (χ2v) is 9.84. The molecule has 2 N–H and O–H groups in total. The number of terminal acetylenes is 1. The minimum absolute atomic E-state index is 0.0510. The number of rotatable bonds is 13. The fourth-order valence-electron chi connectivity index (χ4n) is 3.81. The van der Waals surface area contributed by atoms with Crippen LogP contribution in [0.1, 0.15) is 97.2 Å². The van der Waals surface area contributed by atoms with Gasteiger partial charge in [-0.25, -0.2) is 4.79 Å². The van der Waals surface area contributed by atoms with E-state index in [1.165, 1.54) is 4.90 Å². The zero-order valence-corrected chi connectivity index (χ0v) is 22.3. The Morgan fingerprint density at radius 2 is 1.77 bits per heavy atom. The average molecular weight is 486 g/mol. The molecule has 35 heavy (non-hydrogen) atoms. The SMILES string of the molecule is C#Cc1ccccc1C(C(=O)NC(C)CCC)N(CCCCCC)C(=O)CNC(=O)OC(C)(C)C. The molecule has 1 aromatic rings.